The Bertz CT molecular complexity index is 860. The van der Waals surface area contributed by atoms with Gasteiger partial charge in [0.2, 0.25) is 0 Å². The molecule has 0 aromatic heterocycles. The van der Waals surface area contributed by atoms with E-state index in [-0.39, 0.29) is 17.3 Å². The molecular weight excluding hydrogens is 456 g/mol. The molecule has 206 valence electrons. The molecule has 0 amide bonds. The number of hydrogen-bond acceptors (Lipinski definition) is 3. The van der Waals surface area contributed by atoms with E-state index in [1.54, 1.807) is 0 Å². The van der Waals surface area contributed by atoms with Gasteiger partial charge in [0.1, 0.15) is 5.75 Å². The number of carbonyl (C=O) groups is 1. The molecule has 3 unspecified atom stereocenters. The molecule has 3 atom stereocenters. The van der Waals surface area contributed by atoms with Crippen LogP contribution in [-0.2, 0) is 14.9 Å². The number of rotatable bonds is 19. The first-order chi connectivity index (χ1) is 18.0. The minimum absolute atomic E-state index is 0.148. The van der Waals surface area contributed by atoms with Crippen molar-refractivity contribution in [3.63, 3.8) is 0 Å². The summed E-state index contributed by atoms with van der Waals surface area (Å²) < 4.78 is 11.2. The van der Waals surface area contributed by atoms with Crippen LogP contribution in [0.1, 0.15) is 116 Å². The van der Waals surface area contributed by atoms with Crippen LogP contribution in [-0.4, -0.2) is 19.7 Å². The van der Waals surface area contributed by atoms with Gasteiger partial charge in [-0.15, -0.1) is 0 Å². The average molecular weight is 509 g/mol. The number of esters is 1. The number of carbonyl (C=O) groups excluding carboxylic acids is 1. The van der Waals surface area contributed by atoms with Gasteiger partial charge in [-0.1, -0.05) is 128 Å². The Balaban J connectivity index is 2.08. The Hall–Kier alpha value is -2.29. The summed E-state index contributed by atoms with van der Waals surface area (Å²) in [5, 5.41) is 0. The molecule has 3 nitrogen and oxygen atoms in total. The summed E-state index contributed by atoms with van der Waals surface area (Å²) >= 11 is 0. The van der Waals surface area contributed by atoms with Gasteiger partial charge in [0, 0.05) is 5.41 Å². The smallest absolute Gasteiger partial charge is 0.308 e. The van der Waals surface area contributed by atoms with Crippen LogP contribution < -0.4 is 4.74 Å². The van der Waals surface area contributed by atoms with E-state index in [9.17, 15) is 4.79 Å². The van der Waals surface area contributed by atoms with Gasteiger partial charge in [-0.3, -0.25) is 4.79 Å². The Morgan fingerprint density at radius 1 is 0.757 bits per heavy atom. The van der Waals surface area contributed by atoms with Gasteiger partial charge in [-0.2, -0.15) is 0 Å². The first kappa shape index (κ1) is 30.9. The monoisotopic (exact) mass is 508 g/mol. The molecule has 0 N–H and O–H groups in total. The van der Waals surface area contributed by atoms with Gasteiger partial charge in [0.25, 0.3) is 0 Å². The standard InChI is InChI=1S/C34H52O3/c1-6-8-9-10-11-12-13-14-18-25-37-32-23-21-31(22-24-32)34(26-28(3)7-2,27-29(4)33(35)36-5)30-19-16-15-17-20-30/h15-17,19-24,28-29H,6-14,18,25-27H2,1-5H3. The van der Waals surface area contributed by atoms with Crippen LogP contribution in [0.3, 0.4) is 0 Å². The van der Waals surface area contributed by atoms with Crippen LogP contribution >= 0.6 is 0 Å². The number of unbranched alkanes of at least 4 members (excludes halogenated alkanes) is 8. The molecule has 0 spiro atoms. The topological polar surface area (TPSA) is 35.5 Å². The highest BCUT2D eigenvalue weighted by atomic mass is 16.5. The maximum absolute atomic E-state index is 12.5. The lowest BCUT2D eigenvalue weighted by atomic mass is 9.64. The predicted octanol–water partition coefficient (Wildman–Crippen LogP) is 9.52. The molecule has 0 radical (unpaired) electrons. The molecule has 0 heterocycles. The van der Waals surface area contributed by atoms with Crippen molar-refractivity contribution < 1.29 is 14.3 Å². The van der Waals surface area contributed by atoms with Gasteiger partial charge < -0.3 is 9.47 Å². The highest BCUT2D eigenvalue weighted by Gasteiger charge is 2.38. The summed E-state index contributed by atoms with van der Waals surface area (Å²) in [4.78, 5) is 12.5. The fourth-order valence-electron chi connectivity index (χ4n) is 5.50. The zero-order valence-electron chi connectivity index (χ0n) is 24.3. The second-order valence-corrected chi connectivity index (χ2v) is 11.0. The summed E-state index contributed by atoms with van der Waals surface area (Å²) in [5.74, 6) is 1.10. The molecule has 0 bridgehead atoms. The summed E-state index contributed by atoms with van der Waals surface area (Å²) in [6, 6.07) is 19.3. The van der Waals surface area contributed by atoms with Crippen molar-refractivity contribution in [1.82, 2.24) is 0 Å². The van der Waals surface area contributed by atoms with Crippen LogP contribution in [0.25, 0.3) is 0 Å². The summed E-state index contributed by atoms with van der Waals surface area (Å²) in [6.45, 7) is 9.58. The molecule has 3 heteroatoms. The van der Waals surface area contributed by atoms with Gasteiger partial charge >= 0.3 is 5.97 Å². The van der Waals surface area contributed by atoms with Gasteiger partial charge in [-0.25, -0.2) is 0 Å². The van der Waals surface area contributed by atoms with E-state index in [2.05, 4.69) is 75.4 Å². The highest BCUT2D eigenvalue weighted by Crippen LogP contribution is 2.44. The Labute approximate surface area is 227 Å². The van der Waals surface area contributed by atoms with Crippen molar-refractivity contribution in [2.75, 3.05) is 13.7 Å². The normalized spacial score (nSPS) is 14.5. The largest absolute Gasteiger partial charge is 0.494 e. The lowest BCUT2D eigenvalue weighted by Crippen LogP contribution is -2.34. The Morgan fingerprint density at radius 3 is 1.89 bits per heavy atom. The predicted molar refractivity (Wildman–Crippen MR) is 156 cm³/mol. The third kappa shape index (κ3) is 10.2. The fourth-order valence-corrected chi connectivity index (χ4v) is 5.50. The minimum Gasteiger partial charge on any atom is -0.494 e. The SMILES string of the molecule is CCCCCCCCCCCOc1ccc(C(CC(C)CC)(CC(C)C(=O)OC)c2ccccc2)cc1. The van der Waals surface area contributed by atoms with Crippen molar-refractivity contribution >= 4 is 5.97 Å². The van der Waals surface area contributed by atoms with E-state index in [1.165, 1.54) is 69.6 Å². The first-order valence-electron chi connectivity index (χ1n) is 14.8. The molecular formula is C34H52O3. The third-order valence-corrected chi connectivity index (χ3v) is 7.90. The number of hydrogen-bond donors (Lipinski definition) is 0. The van der Waals surface area contributed by atoms with E-state index in [0.29, 0.717) is 12.3 Å². The second-order valence-electron chi connectivity index (χ2n) is 11.0. The Kier molecular flexibility index (Phi) is 14.4. The van der Waals surface area contributed by atoms with Crippen molar-refractivity contribution in [3.05, 3.63) is 65.7 Å². The van der Waals surface area contributed by atoms with Crippen LogP contribution in [0.15, 0.2) is 54.6 Å². The molecule has 0 aliphatic heterocycles. The molecule has 0 aliphatic rings. The summed E-state index contributed by atoms with van der Waals surface area (Å²) in [7, 11) is 1.48. The van der Waals surface area contributed by atoms with E-state index < -0.39 is 0 Å². The van der Waals surface area contributed by atoms with E-state index >= 15 is 0 Å². The lowest BCUT2D eigenvalue weighted by Gasteiger charge is -2.39. The highest BCUT2D eigenvalue weighted by molar-refractivity contribution is 5.72. The molecule has 0 fully saturated rings. The zero-order valence-corrected chi connectivity index (χ0v) is 24.3. The van der Waals surface area contributed by atoms with Gasteiger partial charge in [0.05, 0.1) is 19.6 Å². The summed E-state index contributed by atoms with van der Waals surface area (Å²) in [5.41, 5.74) is 2.24. The van der Waals surface area contributed by atoms with Crippen molar-refractivity contribution in [1.29, 1.82) is 0 Å². The van der Waals surface area contributed by atoms with Crippen LogP contribution in [0.5, 0.6) is 5.75 Å². The van der Waals surface area contributed by atoms with Crippen molar-refractivity contribution in [2.24, 2.45) is 11.8 Å². The molecule has 0 saturated carbocycles. The molecule has 37 heavy (non-hydrogen) atoms. The number of benzene rings is 2. The van der Waals surface area contributed by atoms with Gasteiger partial charge in [0.15, 0.2) is 0 Å². The van der Waals surface area contributed by atoms with Crippen LogP contribution in [0.2, 0.25) is 0 Å². The van der Waals surface area contributed by atoms with E-state index in [4.69, 9.17) is 9.47 Å². The molecule has 0 saturated heterocycles. The third-order valence-electron chi connectivity index (χ3n) is 7.90. The first-order valence-corrected chi connectivity index (χ1v) is 14.8. The second kappa shape index (κ2) is 17.3. The van der Waals surface area contributed by atoms with E-state index in [0.717, 1.165) is 31.6 Å². The maximum Gasteiger partial charge on any atom is 0.308 e. The zero-order chi connectivity index (χ0) is 26.9. The molecule has 2 aromatic rings. The maximum atomic E-state index is 12.5. The fraction of sp³-hybridized carbons (Fsp3) is 0.618. The number of methoxy groups -OCH3 is 1. The molecule has 2 rings (SSSR count). The van der Waals surface area contributed by atoms with Crippen molar-refractivity contribution in [3.8, 4) is 5.75 Å². The van der Waals surface area contributed by atoms with Crippen LogP contribution in [0.4, 0.5) is 0 Å². The molecule has 0 aliphatic carbocycles. The Morgan fingerprint density at radius 2 is 1.32 bits per heavy atom. The van der Waals surface area contributed by atoms with Gasteiger partial charge in [-0.05, 0) is 48.4 Å². The van der Waals surface area contributed by atoms with Crippen LogP contribution in [0, 0.1) is 11.8 Å². The summed E-state index contributed by atoms with van der Waals surface area (Å²) in [6.07, 6.45) is 14.6. The van der Waals surface area contributed by atoms with E-state index in [1.807, 2.05) is 6.92 Å². The minimum atomic E-state index is -0.264. The van der Waals surface area contributed by atoms with Crippen molar-refractivity contribution in [2.45, 2.75) is 110 Å². The lowest BCUT2D eigenvalue weighted by molar-refractivity contribution is -0.145. The quantitative estimate of drug-likeness (QED) is 0.140. The number of ether oxygens (including phenoxy) is 2. The molecule has 2 aromatic carbocycles. The average Bonchev–Trinajstić information content (AvgIpc) is 2.93.